The molecule has 1 amide bonds. The Balaban J connectivity index is 1.34. The molecule has 0 unspecified atom stereocenters. The summed E-state index contributed by atoms with van der Waals surface area (Å²) in [7, 11) is 0. The molecule has 1 N–H and O–H groups in total. The van der Waals surface area contributed by atoms with E-state index in [2.05, 4.69) is 29.6 Å². The van der Waals surface area contributed by atoms with Gasteiger partial charge in [0.05, 0.1) is 17.8 Å². The second-order valence-electron chi connectivity index (χ2n) is 7.88. The van der Waals surface area contributed by atoms with Crippen LogP contribution >= 0.6 is 0 Å². The molecular weight excluding hydrogens is 394 g/mol. The number of fused-ring (bicyclic) bond motifs is 1. The molecule has 4 heteroatoms. The Bertz CT molecular complexity index is 1390. The summed E-state index contributed by atoms with van der Waals surface area (Å²) in [6.07, 6.45) is 4.29. The highest BCUT2D eigenvalue weighted by molar-refractivity contribution is 5.96. The maximum atomic E-state index is 12.8. The van der Waals surface area contributed by atoms with Gasteiger partial charge in [-0.3, -0.25) is 4.79 Å². The Morgan fingerprint density at radius 2 is 1.56 bits per heavy atom. The van der Waals surface area contributed by atoms with Crippen LogP contribution < -0.4 is 5.32 Å². The van der Waals surface area contributed by atoms with E-state index in [4.69, 9.17) is 4.98 Å². The van der Waals surface area contributed by atoms with E-state index in [0.717, 1.165) is 39.3 Å². The third-order valence-corrected chi connectivity index (χ3v) is 5.58. The van der Waals surface area contributed by atoms with Gasteiger partial charge in [0.2, 0.25) is 5.91 Å². The van der Waals surface area contributed by atoms with E-state index in [0.29, 0.717) is 6.42 Å². The second kappa shape index (κ2) is 8.52. The van der Waals surface area contributed by atoms with Crippen molar-refractivity contribution in [1.29, 1.82) is 0 Å². The van der Waals surface area contributed by atoms with Crippen LogP contribution in [0.2, 0.25) is 0 Å². The number of amides is 1. The molecule has 5 rings (SSSR count). The molecule has 156 valence electrons. The van der Waals surface area contributed by atoms with Crippen LogP contribution in [0.25, 0.3) is 28.0 Å². The number of para-hydroxylation sites is 1. The summed E-state index contributed by atoms with van der Waals surface area (Å²) < 4.78 is 2.01. The predicted octanol–water partition coefficient (Wildman–Crippen LogP) is 6.16. The molecule has 0 aliphatic rings. The summed E-state index contributed by atoms with van der Waals surface area (Å²) >= 11 is 0. The van der Waals surface area contributed by atoms with Crippen molar-refractivity contribution in [3.8, 4) is 22.4 Å². The van der Waals surface area contributed by atoms with Crippen molar-refractivity contribution in [3.05, 3.63) is 115 Å². The maximum Gasteiger partial charge on any atom is 0.228 e. The van der Waals surface area contributed by atoms with E-state index in [9.17, 15) is 4.79 Å². The maximum absolute atomic E-state index is 12.8. The van der Waals surface area contributed by atoms with Crippen molar-refractivity contribution in [2.75, 3.05) is 5.32 Å². The van der Waals surface area contributed by atoms with E-state index in [1.807, 2.05) is 90.4 Å². The fourth-order valence-corrected chi connectivity index (χ4v) is 3.92. The number of hydrogen-bond acceptors (Lipinski definition) is 2. The third kappa shape index (κ3) is 4.03. The minimum Gasteiger partial charge on any atom is -0.325 e. The summed E-state index contributed by atoms with van der Waals surface area (Å²) in [6, 6.07) is 30.2. The average molecular weight is 418 g/mol. The van der Waals surface area contributed by atoms with Crippen LogP contribution in [0.15, 0.2) is 103 Å². The van der Waals surface area contributed by atoms with Gasteiger partial charge in [0.15, 0.2) is 0 Å². The molecule has 0 radical (unpaired) electrons. The number of nitrogens with zero attached hydrogens (tertiary/aromatic N) is 2. The third-order valence-electron chi connectivity index (χ3n) is 5.58. The number of hydrogen-bond donors (Lipinski definition) is 1. The standard InChI is InChI=1S/C28H23N3O/c1-20-8-7-17-31-19-26(30-28(20)31)24-11-5-6-12-25(24)29-27(32)18-21-13-15-23(16-14-21)22-9-3-2-4-10-22/h2-17,19H,18H2,1H3,(H,29,32). The fourth-order valence-electron chi connectivity index (χ4n) is 3.92. The SMILES string of the molecule is Cc1cccn2cc(-c3ccccc3NC(=O)Cc3ccc(-c4ccccc4)cc3)nc12. The number of nitrogens with one attached hydrogen (secondary N) is 1. The number of aromatic nitrogens is 2. The molecule has 0 aliphatic heterocycles. The minimum atomic E-state index is -0.0511. The monoisotopic (exact) mass is 417 g/mol. The number of imidazole rings is 1. The first kappa shape index (κ1) is 19.8. The number of benzene rings is 3. The zero-order chi connectivity index (χ0) is 21.9. The Morgan fingerprint density at radius 3 is 2.34 bits per heavy atom. The van der Waals surface area contributed by atoms with Gasteiger partial charge in [0.1, 0.15) is 5.65 Å². The molecule has 0 aliphatic carbocycles. The molecule has 5 aromatic rings. The molecule has 0 bridgehead atoms. The van der Waals surface area contributed by atoms with Gasteiger partial charge in [-0.05, 0) is 41.3 Å². The van der Waals surface area contributed by atoms with Crippen molar-refractivity contribution < 1.29 is 4.79 Å². The summed E-state index contributed by atoms with van der Waals surface area (Å²) in [6.45, 7) is 2.04. The summed E-state index contributed by atoms with van der Waals surface area (Å²) in [5.74, 6) is -0.0511. The molecule has 0 atom stereocenters. The number of rotatable bonds is 5. The highest BCUT2D eigenvalue weighted by Crippen LogP contribution is 2.28. The van der Waals surface area contributed by atoms with Crippen LogP contribution in [0.1, 0.15) is 11.1 Å². The molecular formula is C28H23N3O. The van der Waals surface area contributed by atoms with Crippen molar-refractivity contribution in [1.82, 2.24) is 9.38 Å². The predicted molar refractivity (Wildman–Crippen MR) is 130 cm³/mol. The number of carbonyl (C=O) groups excluding carboxylic acids is 1. The molecule has 32 heavy (non-hydrogen) atoms. The summed E-state index contributed by atoms with van der Waals surface area (Å²) in [5, 5.41) is 3.07. The van der Waals surface area contributed by atoms with E-state index in [1.54, 1.807) is 0 Å². The smallest absolute Gasteiger partial charge is 0.228 e. The summed E-state index contributed by atoms with van der Waals surface area (Å²) in [5.41, 5.74) is 7.82. The van der Waals surface area contributed by atoms with E-state index < -0.39 is 0 Å². The van der Waals surface area contributed by atoms with Gasteiger partial charge in [-0.1, -0.05) is 78.9 Å². The van der Waals surface area contributed by atoms with E-state index in [-0.39, 0.29) is 5.91 Å². The van der Waals surface area contributed by atoms with Crippen molar-refractivity contribution in [2.45, 2.75) is 13.3 Å². The average Bonchev–Trinajstić information content (AvgIpc) is 3.26. The largest absolute Gasteiger partial charge is 0.325 e. The van der Waals surface area contributed by atoms with Gasteiger partial charge in [0.25, 0.3) is 0 Å². The highest BCUT2D eigenvalue weighted by atomic mass is 16.1. The van der Waals surface area contributed by atoms with Gasteiger partial charge in [-0.15, -0.1) is 0 Å². The molecule has 0 spiro atoms. The van der Waals surface area contributed by atoms with Crippen LogP contribution in [0.4, 0.5) is 5.69 Å². The molecule has 2 heterocycles. The molecule has 4 nitrogen and oxygen atoms in total. The second-order valence-corrected chi connectivity index (χ2v) is 7.88. The number of aryl methyl sites for hydroxylation is 1. The molecule has 3 aromatic carbocycles. The van der Waals surface area contributed by atoms with Gasteiger partial charge in [-0.25, -0.2) is 4.98 Å². The Hall–Kier alpha value is -4.18. The minimum absolute atomic E-state index is 0.0511. The normalized spacial score (nSPS) is 10.9. The molecule has 0 saturated heterocycles. The van der Waals surface area contributed by atoms with E-state index in [1.165, 1.54) is 5.56 Å². The van der Waals surface area contributed by atoms with Crippen LogP contribution in [-0.4, -0.2) is 15.3 Å². The Morgan fingerprint density at radius 1 is 0.844 bits per heavy atom. The number of pyridine rings is 1. The molecule has 0 fully saturated rings. The zero-order valence-electron chi connectivity index (χ0n) is 17.8. The number of anilines is 1. The quantitative estimate of drug-likeness (QED) is 0.372. The lowest BCUT2D eigenvalue weighted by atomic mass is 10.0. The van der Waals surface area contributed by atoms with Crippen LogP contribution in [-0.2, 0) is 11.2 Å². The highest BCUT2D eigenvalue weighted by Gasteiger charge is 2.12. The molecule has 2 aromatic heterocycles. The van der Waals surface area contributed by atoms with Crippen LogP contribution in [0.5, 0.6) is 0 Å². The van der Waals surface area contributed by atoms with Gasteiger partial charge in [0, 0.05) is 18.0 Å². The van der Waals surface area contributed by atoms with Gasteiger partial charge < -0.3 is 9.72 Å². The lowest BCUT2D eigenvalue weighted by molar-refractivity contribution is -0.115. The first-order valence-corrected chi connectivity index (χ1v) is 10.7. The van der Waals surface area contributed by atoms with Crippen LogP contribution in [0, 0.1) is 6.92 Å². The Kier molecular flexibility index (Phi) is 5.26. The lowest BCUT2D eigenvalue weighted by Crippen LogP contribution is -2.15. The van der Waals surface area contributed by atoms with Crippen molar-refractivity contribution in [2.24, 2.45) is 0 Å². The van der Waals surface area contributed by atoms with Gasteiger partial charge >= 0.3 is 0 Å². The first-order chi connectivity index (χ1) is 15.7. The van der Waals surface area contributed by atoms with E-state index >= 15 is 0 Å². The zero-order valence-corrected chi connectivity index (χ0v) is 17.8. The lowest BCUT2D eigenvalue weighted by Gasteiger charge is -2.10. The van der Waals surface area contributed by atoms with Crippen molar-refractivity contribution >= 4 is 17.2 Å². The number of carbonyl (C=O) groups is 1. The van der Waals surface area contributed by atoms with Crippen molar-refractivity contribution in [3.63, 3.8) is 0 Å². The fraction of sp³-hybridized carbons (Fsp3) is 0.0714. The first-order valence-electron chi connectivity index (χ1n) is 10.7. The van der Waals surface area contributed by atoms with Crippen LogP contribution in [0.3, 0.4) is 0 Å². The summed E-state index contributed by atoms with van der Waals surface area (Å²) in [4.78, 5) is 17.6. The Labute approximate surface area is 187 Å². The topological polar surface area (TPSA) is 46.4 Å². The van der Waals surface area contributed by atoms with Gasteiger partial charge in [-0.2, -0.15) is 0 Å². The molecule has 0 saturated carbocycles.